The molecule has 3 rings (SSSR count). The van der Waals surface area contributed by atoms with Crippen molar-refractivity contribution in [3.63, 3.8) is 0 Å². The number of anilines is 2. The lowest BCUT2D eigenvalue weighted by Crippen LogP contribution is -2.23. The van der Waals surface area contributed by atoms with Crippen molar-refractivity contribution in [1.29, 1.82) is 0 Å². The molecule has 0 aliphatic rings. The Bertz CT molecular complexity index is 876. The maximum absolute atomic E-state index is 12.3. The van der Waals surface area contributed by atoms with Gasteiger partial charge in [-0.1, -0.05) is 12.1 Å². The topological polar surface area (TPSA) is 72.5 Å². The maximum Gasteiger partial charge on any atom is 0.271 e. The van der Waals surface area contributed by atoms with E-state index in [0.29, 0.717) is 24.0 Å². The van der Waals surface area contributed by atoms with Gasteiger partial charge >= 0.3 is 0 Å². The lowest BCUT2D eigenvalue weighted by molar-refractivity contribution is 0.0946. The lowest BCUT2D eigenvalue weighted by Gasteiger charge is -2.06. The molecule has 0 saturated heterocycles. The average molecular weight is 383 g/mol. The number of thiazole rings is 1. The van der Waals surface area contributed by atoms with Crippen LogP contribution in [-0.2, 0) is 6.54 Å². The van der Waals surface area contributed by atoms with Crippen LogP contribution in [0.5, 0.6) is 11.5 Å². The molecule has 2 aromatic carbocycles. The van der Waals surface area contributed by atoms with Gasteiger partial charge in [-0.3, -0.25) is 4.79 Å². The first-order valence-corrected chi connectivity index (χ1v) is 9.42. The van der Waals surface area contributed by atoms with Gasteiger partial charge in [0.2, 0.25) is 0 Å². The van der Waals surface area contributed by atoms with Gasteiger partial charge in [0.15, 0.2) is 5.13 Å². The quantitative estimate of drug-likeness (QED) is 0.609. The summed E-state index contributed by atoms with van der Waals surface area (Å²) in [6.07, 6.45) is 0. The van der Waals surface area contributed by atoms with Gasteiger partial charge in [0.1, 0.15) is 17.2 Å². The molecule has 3 aromatic rings. The molecular formula is C20H21N3O3S. The number of hydrogen-bond donors (Lipinski definition) is 2. The van der Waals surface area contributed by atoms with Crippen molar-refractivity contribution in [3.8, 4) is 11.5 Å². The van der Waals surface area contributed by atoms with Crippen molar-refractivity contribution >= 4 is 28.1 Å². The van der Waals surface area contributed by atoms with Gasteiger partial charge in [-0.15, -0.1) is 11.3 Å². The molecule has 2 N–H and O–H groups in total. The van der Waals surface area contributed by atoms with Crippen LogP contribution in [0.15, 0.2) is 53.9 Å². The molecular weight excluding hydrogens is 362 g/mol. The average Bonchev–Trinajstić information content (AvgIpc) is 3.17. The summed E-state index contributed by atoms with van der Waals surface area (Å²) in [6.45, 7) is 3.01. The monoisotopic (exact) mass is 383 g/mol. The van der Waals surface area contributed by atoms with Crippen LogP contribution in [0.4, 0.5) is 10.8 Å². The van der Waals surface area contributed by atoms with E-state index >= 15 is 0 Å². The summed E-state index contributed by atoms with van der Waals surface area (Å²) in [4.78, 5) is 16.6. The first kappa shape index (κ1) is 18.7. The van der Waals surface area contributed by atoms with Gasteiger partial charge < -0.3 is 20.1 Å². The number of carbonyl (C=O) groups is 1. The van der Waals surface area contributed by atoms with Crippen molar-refractivity contribution in [2.45, 2.75) is 13.5 Å². The minimum atomic E-state index is -0.207. The Morgan fingerprint density at radius 3 is 2.44 bits per heavy atom. The smallest absolute Gasteiger partial charge is 0.271 e. The molecule has 0 bridgehead atoms. The van der Waals surface area contributed by atoms with E-state index in [1.165, 1.54) is 11.3 Å². The van der Waals surface area contributed by atoms with E-state index < -0.39 is 0 Å². The molecule has 140 valence electrons. The van der Waals surface area contributed by atoms with E-state index in [0.717, 1.165) is 22.7 Å². The first-order valence-electron chi connectivity index (χ1n) is 8.54. The molecule has 0 spiro atoms. The molecule has 0 atom stereocenters. The molecule has 6 nitrogen and oxygen atoms in total. The summed E-state index contributed by atoms with van der Waals surface area (Å²) >= 11 is 1.38. The van der Waals surface area contributed by atoms with Crippen LogP contribution in [-0.4, -0.2) is 24.6 Å². The molecule has 0 saturated carbocycles. The second kappa shape index (κ2) is 9.05. The van der Waals surface area contributed by atoms with E-state index in [9.17, 15) is 4.79 Å². The fraction of sp³-hybridized carbons (Fsp3) is 0.200. The number of carbonyl (C=O) groups excluding carboxylic acids is 1. The third kappa shape index (κ3) is 5.21. The van der Waals surface area contributed by atoms with Gasteiger partial charge in [0.25, 0.3) is 5.91 Å². The van der Waals surface area contributed by atoms with Crippen LogP contribution in [0.2, 0.25) is 0 Å². The molecule has 0 unspecified atom stereocenters. The number of rotatable bonds is 8. The number of aromatic nitrogens is 1. The van der Waals surface area contributed by atoms with Gasteiger partial charge in [0.05, 0.1) is 13.7 Å². The van der Waals surface area contributed by atoms with Gasteiger partial charge in [-0.2, -0.15) is 0 Å². The third-order valence-corrected chi connectivity index (χ3v) is 4.52. The summed E-state index contributed by atoms with van der Waals surface area (Å²) in [5.41, 5.74) is 2.27. The van der Waals surface area contributed by atoms with E-state index in [1.807, 2.05) is 55.5 Å². The van der Waals surface area contributed by atoms with Crippen LogP contribution in [0.3, 0.4) is 0 Å². The molecule has 0 radical (unpaired) electrons. The van der Waals surface area contributed by atoms with Gasteiger partial charge in [0, 0.05) is 17.6 Å². The van der Waals surface area contributed by atoms with Crippen LogP contribution in [0, 0.1) is 0 Å². The molecule has 0 aliphatic heterocycles. The minimum absolute atomic E-state index is 0.207. The second-order valence-electron chi connectivity index (χ2n) is 5.65. The molecule has 27 heavy (non-hydrogen) atoms. The number of ether oxygens (including phenoxy) is 2. The summed E-state index contributed by atoms with van der Waals surface area (Å²) < 4.78 is 10.5. The Morgan fingerprint density at radius 2 is 1.78 bits per heavy atom. The molecule has 1 heterocycles. The van der Waals surface area contributed by atoms with E-state index in [-0.39, 0.29) is 5.91 Å². The number of amides is 1. The van der Waals surface area contributed by atoms with Crippen molar-refractivity contribution in [1.82, 2.24) is 10.3 Å². The lowest BCUT2D eigenvalue weighted by atomic mass is 10.2. The Hall–Kier alpha value is -3.06. The highest BCUT2D eigenvalue weighted by Crippen LogP contribution is 2.23. The Labute approximate surface area is 162 Å². The highest BCUT2D eigenvalue weighted by Gasteiger charge is 2.11. The number of hydrogen-bond acceptors (Lipinski definition) is 6. The highest BCUT2D eigenvalue weighted by atomic mass is 32.1. The zero-order valence-corrected chi connectivity index (χ0v) is 16.0. The van der Waals surface area contributed by atoms with Crippen molar-refractivity contribution in [2.24, 2.45) is 0 Å². The van der Waals surface area contributed by atoms with Crippen LogP contribution in [0.1, 0.15) is 23.0 Å². The largest absolute Gasteiger partial charge is 0.497 e. The highest BCUT2D eigenvalue weighted by molar-refractivity contribution is 7.14. The fourth-order valence-corrected chi connectivity index (χ4v) is 3.09. The predicted octanol–water partition coefficient (Wildman–Crippen LogP) is 4.22. The van der Waals surface area contributed by atoms with Gasteiger partial charge in [-0.25, -0.2) is 4.98 Å². The zero-order chi connectivity index (χ0) is 19.1. The number of nitrogens with zero attached hydrogens (tertiary/aromatic N) is 1. The SMILES string of the molecule is CCOc1ccc(Nc2nc(C(=O)NCc3ccc(OC)cc3)cs2)cc1. The Morgan fingerprint density at radius 1 is 1.07 bits per heavy atom. The fourth-order valence-electron chi connectivity index (χ4n) is 2.38. The van der Waals surface area contributed by atoms with Crippen molar-refractivity contribution in [3.05, 3.63) is 65.2 Å². The minimum Gasteiger partial charge on any atom is -0.497 e. The summed E-state index contributed by atoms with van der Waals surface area (Å²) in [6, 6.07) is 15.2. The predicted molar refractivity (Wildman–Crippen MR) is 107 cm³/mol. The molecule has 1 amide bonds. The third-order valence-electron chi connectivity index (χ3n) is 3.77. The van der Waals surface area contributed by atoms with Crippen molar-refractivity contribution < 1.29 is 14.3 Å². The number of benzene rings is 2. The van der Waals surface area contributed by atoms with Crippen molar-refractivity contribution in [2.75, 3.05) is 19.0 Å². The van der Waals surface area contributed by atoms with Crippen LogP contribution in [0.25, 0.3) is 0 Å². The maximum atomic E-state index is 12.3. The zero-order valence-electron chi connectivity index (χ0n) is 15.2. The number of nitrogens with one attached hydrogen (secondary N) is 2. The van der Waals surface area contributed by atoms with Gasteiger partial charge in [-0.05, 0) is 48.9 Å². The standard InChI is InChI=1S/C20H21N3O3S/c1-3-26-17-10-6-15(7-11-17)22-20-23-18(13-27-20)19(24)21-12-14-4-8-16(25-2)9-5-14/h4-11,13H,3,12H2,1-2H3,(H,21,24)(H,22,23). The molecule has 1 aromatic heterocycles. The molecule has 7 heteroatoms. The summed E-state index contributed by atoms with van der Waals surface area (Å²) in [7, 11) is 1.62. The van der Waals surface area contributed by atoms with Crippen LogP contribution < -0.4 is 20.1 Å². The van der Waals surface area contributed by atoms with E-state index in [4.69, 9.17) is 9.47 Å². The normalized spacial score (nSPS) is 10.3. The van der Waals surface area contributed by atoms with Crippen LogP contribution >= 0.6 is 11.3 Å². The molecule has 0 aliphatic carbocycles. The summed E-state index contributed by atoms with van der Waals surface area (Å²) in [5, 5.41) is 8.46. The second-order valence-corrected chi connectivity index (χ2v) is 6.51. The van der Waals surface area contributed by atoms with E-state index in [2.05, 4.69) is 15.6 Å². The Kier molecular flexibility index (Phi) is 6.27. The first-order chi connectivity index (χ1) is 13.2. The Balaban J connectivity index is 1.55. The van der Waals surface area contributed by atoms with E-state index in [1.54, 1.807) is 12.5 Å². The summed E-state index contributed by atoms with van der Waals surface area (Å²) in [5.74, 6) is 1.40. The molecule has 0 fully saturated rings. The number of methoxy groups -OCH3 is 1.